The topological polar surface area (TPSA) is 63.8 Å². The summed E-state index contributed by atoms with van der Waals surface area (Å²) in [7, 11) is 1.43. The number of halogens is 4. The summed E-state index contributed by atoms with van der Waals surface area (Å²) in [6.07, 6.45) is -4.25. The molecule has 1 aliphatic heterocycles. The van der Waals surface area contributed by atoms with Crippen LogP contribution in [-0.4, -0.2) is 35.3 Å². The van der Waals surface area contributed by atoms with Gasteiger partial charge in [-0.05, 0) is 31.2 Å². The fraction of sp³-hybridized carbons (Fsp3) is 0.261. The molecule has 1 N–H and O–H groups in total. The van der Waals surface area contributed by atoms with Crippen LogP contribution in [0.4, 0.5) is 17.6 Å². The summed E-state index contributed by atoms with van der Waals surface area (Å²) in [6.45, 7) is 5.73. The van der Waals surface area contributed by atoms with Gasteiger partial charge in [-0.3, -0.25) is 14.6 Å². The molecule has 1 atom stereocenters. The van der Waals surface area contributed by atoms with Gasteiger partial charge in [0.05, 0.1) is 30.9 Å². The molecule has 1 unspecified atom stereocenters. The maximum atomic E-state index is 13.9. The van der Waals surface area contributed by atoms with Crippen LogP contribution in [0.15, 0.2) is 53.0 Å². The molecule has 10 heteroatoms. The molecule has 2 heterocycles. The number of hydrogen-bond acceptors (Lipinski definition) is 5. The van der Waals surface area contributed by atoms with Gasteiger partial charge in [0.2, 0.25) is 5.82 Å². The van der Waals surface area contributed by atoms with Crippen LogP contribution in [0.25, 0.3) is 16.8 Å². The first-order valence-electron chi connectivity index (χ1n) is 10.1. The summed E-state index contributed by atoms with van der Waals surface area (Å²) in [5, 5.41) is 2.97. The number of aryl methyl sites for hydroxylation is 1. The molecule has 4 rings (SSSR count). The largest absolute Gasteiger partial charge is 0.497 e. The van der Waals surface area contributed by atoms with Crippen molar-refractivity contribution in [2.24, 2.45) is 9.98 Å². The highest BCUT2D eigenvalue weighted by atomic mass is 19.4. The highest BCUT2D eigenvalue weighted by molar-refractivity contribution is 6.29. The maximum absolute atomic E-state index is 13.9. The van der Waals surface area contributed by atoms with Crippen molar-refractivity contribution in [3.63, 3.8) is 0 Å². The first kappa shape index (κ1) is 22.5. The van der Waals surface area contributed by atoms with Crippen LogP contribution in [-0.2, 0) is 17.5 Å². The molecule has 0 bridgehead atoms. The Morgan fingerprint density at radius 2 is 2.03 bits per heavy atom. The molecule has 0 saturated heterocycles. The van der Waals surface area contributed by atoms with E-state index in [2.05, 4.69) is 26.9 Å². The van der Waals surface area contributed by atoms with Gasteiger partial charge in [-0.1, -0.05) is 24.3 Å². The number of hydrogen-bond donors (Lipinski definition) is 1. The standard InChI is InChI=1S/C23H21F4N5O/c1-13-4-6-17(24)16(8-13)10-28-20-11-30-21(12-29-20)32-19-7-5-15(14(2)33-3)9-18(19)31-22(32)23(25,26)27/h4-9,11,21H,2,10,12H2,1,3H3,(H,28,29). The van der Waals surface area contributed by atoms with Crippen LogP contribution in [0, 0.1) is 12.7 Å². The van der Waals surface area contributed by atoms with Crippen molar-refractivity contribution >= 4 is 28.8 Å². The second kappa shape index (κ2) is 8.68. The van der Waals surface area contributed by atoms with E-state index in [-0.39, 0.29) is 29.9 Å². The summed E-state index contributed by atoms with van der Waals surface area (Å²) in [5.41, 5.74) is 2.32. The van der Waals surface area contributed by atoms with Gasteiger partial charge in [0.1, 0.15) is 23.6 Å². The molecule has 1 aromatic heterocycles. The summed E-state index contributed by atoms with van der Waals surface area (Å²) in [5.74, 6) is -0.729. The number of benzene rings is 2. The van der Waals surface area contributed by atoms with E-state index in [9.17, 15) is 17.6 Å². The molecule has 0 aliphatic carbocycles. The summed E-state index contributed by atoms with van der Waals surface area (Å²) >= 11 is 0. The van der Waals surface area contributed by atoms with Crippen LogP contribution in [0.5, 0.6) is 0 Å². The lowest BCUT2D eigenvalue weighted by Crippen LogP contribution is -2.30. The average molecular weight is 459 g/mol. The monoisotopic (exact) mass is 459 g/mol. The van der Waals surface area contributed by atoms with Gasteiger partial charge in [-0.15, -0.1) is 0 Å². The number of alkyl halides is 3. The summed E-state index contributed by atoms with van der Waals surface area (Å²) < 4.78 is 61.3. The molecule has 3 aromatic rings. The number of nitrogens with zero attached hydrogens (tertiary/aromatic N) is 4. The normalized spacial score (nSPS) is 16.1. The third-order valence-electron chi connectivity index (χ3n) is 5.26. The van der Waals surface area contributed by atoms with E-state index >= 15 is 0 Å². The Morgan fingerprint density at radius 1 is 1.24 bits per heavy atom. The molecule has 172 valence electrons. The van der Waals surface area contributed by atoms with Crippen molar-refractivity contribution in [3.8, 4) is 0 Å². The van der Waals surface area contributed by atoms with Crippen molar-refractivity contribution in [1.29, 1.82) is 0 Å². The van der Waals surface area contributed by atoms with E-state index < -0.39 is 18.2 Å². The van der Waals surface area contributed by atoms with Gasteiger partial charge in [-0.2, -0.15) is 13.2 Å². The lowest BCUT2D eigenvalue weighted by molar-refractivity contribution is -0.147. The second-order valence-electron chi connectivity index (χ2n) is 7.57. The average Bonchev–Trinajstić information content (AvgIpc) is 3.19. The number of ether oxygens (including phenoxy) is 1. The van der Waals surface area contributed by atoms with E-state index in [1.807, 2.05) is 6.92 Å². The smallest absolute Gasteiger partial charge is 0.449 e. The van der Waals surface area contributed by atoms with Crippen LogP contribution in [0.2, 0.25) is 0 Å². The quantitative estimate of drug-likeness (QED) is 0.437. The van der Waals surface area contributed by atoms with E-state index in [1.54, 1.807) is 18.2 Å². The summed E-state index contributed by atoms with van der Waals surface area (Å²) in [4.78, 5) is 12.4. The van der Waals surface area contributed by atoms with Crippen molar-refractivity contribution in [3.05, 3.63) is 71.3 Å². The van der Waals surface area contributed by atoms with Crippen LogP contribution >= 0.6 is 0 Å². The van der Waals surface area contributed by atoms with E-state index in [0.717, 1.165) is 10.1 Å². The van der Waals surface area contributed by atoms with E-state index in [1.165, 1.54) is 31.5 Å². The zero-order valence-corrected chi connectivity index (χ0v) is 17.9. The molecule has 0 saturated carbocycles. The minimum absolute atomic E-state index is 0.0315. The molecule has 2 aromatic carbocycles. The predicted molar refractivity (Wildman–Crippen MR) is 119 cm³/mol. The van der Waals surface area contributed by atoms with E-state index in [4.69, 9.17) is 4.74 Å². The molecule has 1 aliphatic rings. The van der Waals surface area contributed by atoms with Crippen LogP contribution < -0.4 is 5.32 Å². The minimum Gasteiger partial charge on any atom is -0.497 e. The Bertz CT molecular complexity index is 1280. The summed E-state index contributed by atoms with van der Waals surface area (Å²) in [6, 6.07) is 9.41. The van der Waals surface area contributed by atoms with Crippen LogP contribution in [0.1, 0.15) is 28.7 Å². The van der Waals surface area contributed by atoms with Gasteiger partial charge in [0, 0.05) is 17.7 Å². The fourth-order valence-electron chi connectivity index (χ4n) is 3.59. The minimum atomic E-state index is -4.68. The Labute approximate surface area is 187 Å². The number of fused-ring (bicyclic) bond motifs is 1. The molecule has 6 nitrogen and oxygen atoms in total. The Kier molecular flexibility index (Phi) is 5.92. The zero-order chi connectivity index (χ0) is 23.8. The molecule has 0 radical (unpaired) electrons. The van der Waals surface area contributed by atoms with Gasteiger partial charge in [-0.25, -0.2) is 9.37 Å². The molecule has 0 fully saturated rings. The lowest BCUT2D eigenvalue weighted by atomic mass is 10.1. The number of aliphatic imine (C=N–C) groups is 2. The molecular weight excluding hydrogens is 438 g/mol. The molecule has 0 spiro atoms. The van der Waals surface area contributed by atoms with Crippen molar-refractivity contribution in [1.82, 2.24) is 14.9 Å². The first-order valence-corrected chi connectivity index (χ1v) is 10.1. The number of aromatic nitrogens is 2. The third kappa shape index (κ3) is 4.59. The Morgan fingerprint density at radius 3 is 2.70 bits per heavy atom. The highest BCUT2D eigenvalue weighted by Crippen LogP contribution is 2.35. The van der Waals surface area contributed by atoms with Gasteiger partial charge in [0.15, 0.2) is 0 Å². The van der Waals surface area contributed by atoms with Crippen molar-refractivity contribution in [2.45, 2.75) is 25.8 Å². The Hall–Kier alpha value is -3.69. The number of imidazole rings is 1. The number of nitrogens with one attached hydrogen (secondary N) is 1. The molecular formula is C23H21F4N5O. The van der Waals surface area contributed by atoms with E-state index in [0.29, 0.717) is 22.7 Å². The zero-order valence-electron chi connectivity index (χ0n) is 17.9. The van der Waals surface area contributed by atoms with Gasteiger partial charge >= 0.3 is 6.18 Å². The predicted octanol–water partition coefficient (Wildman–Crippen LogP) is 4.89. The molecule has 0 amide bonds. The van der Waals surface area contributed by atoms with Crippen molar-refractivity contribution < 1.29 is 22.3 Å². The number of rotatable bonds is 5. The highest BCUT2D eigenvalue weighted by Gasteiger charge is 2.39. The van der Waals surface area contributed by atoms with Gasteiger partial charge < -0.3 is 10.1 Å². The van der Waals surface area contributed by atoms with Gasteiger partial charge in [0.25, 0.3) is 0 Å². The Balaban J connectivity index is 1.59. The van der Waals surface area contributed by atoms with Crippen molar-refractivity contribution in [2.75, 3.05) is 13.7 Å². The first-order chi connectivity index (χ1) is 15.7. The fourth-order valence-corrected chi connectivity index (χ4v) is 3.59. The lowest BCUT2D eigenvalue weighted by Gasteiger charge is -2.21. The number of amidine groups is 1. The third-order valence-corrected chi connectivity index (χ3v) is 5.26. The second-order valence-corrected chi connectivity index (χ2v) is 7.57. The maximum Gasteiger partial charge on any atom is 0.449 e. The van der Waals surface area contributed by atoms with Crippen LogP contribution in [0.3, 0.4) is 0 Å². The molecule has 33 heavy (non-hydrogen) atoms. The number of methoxy groups -OCH3 is 1. The SMILES string of the molecule is C=C(OC)c1ccc2c(c1)nc(C(F)(F)F)n2C1CN=C(NCc2cc(C)ccc2F)C=N1.